The summed E-state index contributed by atoms with van der Waals surface area (Å²) in [6.45, 7) is -0.684. The molecule has 1 aromatic heterocycles. The topological polar surface area (TPSA) is 69.6 Å². The lowest BCUT2D eigenvalue weighted by Crippen LogP contribution is -2.33. The molecule has 6 nitrogen and oxygen atoms in total. The van der Waals surface area contributed by atoms with Crippen molar-refractivity contribution >= 4 is 23.3 Å². The molecule has 0 spiro atoms. The van der Waals surface area contributed by atoms with Gasteiger partial charge >= 0.3 is 12.1 Å². The lowest BCUT2D eigenvalue weighted by atomic mass is 9.96. The highest BCUT2D eigenvalue weighted by atomic mass is 19.4. The number of nitrogens with zero attached hydrogens (tertiary/aromatic N) is 4. The number of hydrogen-bond donors (Lipinski definition) is 1. The standard InChI is InChI=1S/C17H17F3N4O2/c1-23(11-5-3-2-4-6-11)14-7-15(22-10-21-14)24-8-12(16(25)26)13(9-24)17(18,19)20/h2-7,10,12-13H,8-9H2,1H3,(H,25,26)/t12-,13-/m1/s1. The Morgan fingerprint density at radius 1 is 1.23 bits per heavy atom. The van der Waals surface area contributed by atoms with Gasteiger partial charge in [-0.3, -0.25) is 4.79 Å². The maximum atomic E-state index is 13.2. The largest absolute Gasteiger partial charge is 0.481 e. The number of rotatable bonds is 4. The van der Waals surface area contributed by atoms with Crippen LogP contribution in [0, 0.1) is 11.8 Å². The van der Waals surface area contributed by atoms with Gasteiger partial charge in [0.2, 0.25) is 0 Å². The second-order valence-corrected chi connectivity index (χ2v) is 6.13. The molecule has 0 amide bonds. The quantitative estimate of drug-likeness (QED) is 0.897. The van der Waals surface area contributed by atoms with Gasteiger partial charge in [-0.1, -0.05) is 18.2 Å². The maximum absolute atomic E-state index is 13.2. The molecule has 0 aliphatic carbocycles. The Hall–Kier alpha value is -2.84. The number of carboxylic acids is 1. The average Bonchev–Trinajstić information content (AvgIpc) is 3.08. The van der Waals surface area contributed by atoms with Crippen molar-refractivity contribution in [2.24, 2.45) is 11.8 Å². The highest BCUT2D eigenvalue weighted by Gasteiger charge is 2.52. The van der Waals surface area contributed by atoms with E-state index in [-0.39, 0.29) is 12.4 Å². The maximum Gasteiger partial charge on any atom is 0.394 e. The minimum atomic E-state index is -4.57. The minimum Gasteiger partial charge on any atom is -0.481 e. The highest BCUT2D eigenvalue weighted by Crippen LogP contribution is 2.39. The second-order valence-electron chi connectivity index (χ2n) is 6.13. The van der Waals surface area contributed by atoms with Crippen LogP contribution in [0.3, 0.4) is 0 Å². The molecular formula is C17H17F3N4O2. The molecule has 3 rings (SSSR count). The van der Waals surface area contributed by atoms with Crippen molar-refractivity contribution in [3.8, 4) is 0 Å². The van der Waals surface area contributed by atoms with Gasteiger partial charge < -0.3 is 14.9 Å². The van der Waals surface area contributed by atoms with Crippen LogP contribution in [0.15, 0.2) is 42.7 Å². The number of aromatic nitrogens is 2. The molecule has 138 valence electrons. The third kappa shape index (κ3) is 3.56. The zero-order valence-electron chi connectivity index (χ0n) is 13.9. The summed E-state index contributed by atoms with van der Waals surface area (Å²) in [5.74, 6) is -4.12. The lowest BCUT2D eigenvalue weighted by molar-refractivity contribution is -0.187. The number of halogens is 3. The fraction of sp³-hybridized carbons (Fsp3) is 0.353. The minimum absolute atomic E-state index is 0.245. The van der Waals surface area contributed by atoms with E-state index in [0.717, 1.165) is 5.69 Å². The van der Waals surface area contributed by atoms with Crippen molar-refractivity contribution in [2.45, 2.75) is 6.18 Å². The van der Waals surface area contributed by atoms with Gasteiger partial charge in [0.05, 0.1) is 11.8 Å². The molecule has 26 heavy (non-hydrogen) atoms. The molecule has 0 radical (unpaired) electrons. The molecule has 1 saturated heterocycles. The Balaban J connectivity index is 1.86. The molecule has 0 saturated carbocycles. The number of carboxylic acid groups (broad SMARTS) is 1. The monoisotopic (exact) mass is 366 g/mol. The van der Waals surface area contributed by atoms with Crippen LogP contribution in [-0.4, -0.2) is 47.4 Å². The van der Waals surface area contributed by atoms with E-state index in [1.54, 1.807) is 18.0 Å². The number of para-hydroxylation sites is 1. The zero-order valence-corrected chi connectivity index (χ0v) is 13.9. The van der Waals surface area contributed by atoms with E-state index in [9.17, 15) is 18.0 Å². The summed E-state index contributed by atoms with van der Waals surface area (Å²) in [5, 5.41) is 9.14. The van der Waals surface area contributed by atoms with Crippen molar-refractivity contribution in [3.05, 3.63) is 42.7 Å². The van der Waals surface area contributed by atoms with Crippen LogP contribution in [-0.2, 0) is 4.79 Å². The van der Waals surface area contributed by atoms with Crippen molar-refractivity contribution in [2.75, 3.05) is 29.9 Å². The molecular weight excluding hydrogens is 349 g/mol. The van der Waals surface area contributed by atoms with Gasteiger partial charge in [-0.05, 0) is 12.1 Å². The van der Waals surface area contributed by atoms with Crippen LogP contribution in [0.4, 0.5) is 30.5 Å². The third-order valence-corrected chi connectivity index (χ3v) is 4.51. The molecule has 1 N–H and O–H groups in total. The Morgan fingerprint density at radius 2 is 1.92 bits per heavy atom. The first-order valence-electron chi connectivity index (χ1n) is 7.92. The molecule has 2 heterocycles. The smallest absolute Gasteiger partial charge is 0.394 e. The number of alkyl halides is 3. The van der Waals surface area contributed by atoms with Crippen LogP contribution < -0.4 is 9.80 Å². The lowest BCUT2D eigenvalue weighted by Gasteiger charge is -2.22. The van der Waals surface area contributed by atoms with Gasteiger partial charge in [0.1, 0.15) is 18.0 Å². The van der Waals surface area contributed by atoms with Crippen molar-refractivity contribution in [1.29, 1.82) is 0 Å². The van der Waals surface area contributed by atoms with Gasteiger partial charge in [0, 0.05) is 31.9 Å². The predicted octanol–water partition coefficient (Wildman–Crippen LogP) is 2.94. The molecule has 2 aromatic rings. The van der Waals surface area contributed by atoms with Gasteiger partial charge in [-0.25, -0.2) is 9.97 Å². The first-order chi connectivity index (χ1) is 12.3. The molecule has 1 aromatic carbocycles. The van der Waals surface area contributed by atoms with E-state index in [1.807, 2.05) is 30.3 Å². The number of hydrogen-bond acceptors (Lipinski definition) is 5. The summed E-state index contributed by atoms with van der Waals surface area (Å²) >= 11 is 0. The van der Waals surface area contributed by atoms with E-state index in [1.165, 1.54) is 11.2 Å². The molecule has 1 aliphatic heterocycles. The zero-order chi connectivity index (χ0) is 18.9. The van der Waals surface area contributed by atoms with Crippen LogP contribution in [0.25, 0.3) is 0 Å². The average molecular weight is 366 g/mol. The Bertz CT molecular complexity index is 785. The van der Waals surface area contributed by atoms with Gasteiger partial charge in [0.15, 0.2) is 0 Å². The molecule has 1 fully saturated rings. The SMILES string of the molecule is CN(c1ccccc1)c1cc(N2C[C@@H](C(F)(F)F)[C@H](C(=O)O)C2)ncn1. The van der Waals surface area contributed by atoms with Crippen LogP contribution in [0.1, 0.15) is 0 Å². The molecule has 0 unspecified atom stereocenters. The van der Waals surface area contributed by atoms with Gasteiger partial charge in [0.25, 0.3) is 0 Å². The van der Waals surface area contributed by atoms with Gasteiger partial charge in [-0.2, -0.15) is 13.2 Å². The Labute approximate surface area is 147 Å². The fourth-order valence-corrected chi connectivity index (χ4v) is 3.05. The summed E-state index contributed by atoms with van der Waals surface area (Å²) < 4.78 is 39.5. The van der Waals surface area contributed by atoms with Crippen LogP contribution in [0.2, 0.25) is 0 Å². The summed E-state index contributed by atoms with van der Waals surface area (Å²) in [7, 11) is 1.78. The summed E-state index contributed by atoms with van der Waals surface area (Å²) in [4.78, 5) is 22.5. The Morgan fingerprint density at radius 3 is 2.50 bits per heavy atom. The fourth-order valence-electron chi connectivity index (χ4n) is 3.05. The second kappa shape index (κ2) is 6.81. The first-order valence-corrected chi connectivity index (χ1v) is 7.92. The van der Waals surface area contributed by atoms with Gasteiger partial charge in [-0.15, -0.1) is 0 Å². The number of aliphatic carboxylic acids is 1. The third-order valence-electron chi connectivity index (χ3n) is 4.51. The van der Waals surface area contributed by atoms with E-state index in [2.05, 4.69) is 9.97 Å². The van der Waals surface area contributed by atoms with Crippen molar-refractivity contribution in [3.63, 3.8) is 0 Å². The highest BCUT2D eigenvalue weighted by molar-refractivity contribution is 5.73. The summed E-state index contributed by atoms with van der Waals surface area (Å²) in [6, 6.07) is 10.9. The van der Waals surface area contributed by atoms with E-state index in [4.69, 9.17) is 5.11 Å². The van der Waals surface area contributed by atoms with Crippen molar-refractivity contribution < 1.29 is 23.1 Å². The molecule has 2 atom stereocenters. The molecule has 0 bridgehead atoms. The van der Waals surface area contributed by atoms with Crippen LogP contribution in [0.5, 0.6) is 0 Å². The first kappa shape index (κ1) is 18.0. The Kier molecular flexibility index (Phi) is 4.71. The molecule has 1 aliphatic rings. The number of benzene rings is 1. The van der Waals surface area contributed by atoms with E-state index >= 15 is 0 Å². The number of carbonyl (C=O) groups is 1. The van der Waals surface area contributed by atoms with Crippen molar-refractivity contribution in [1.82, 2.24) is 9.97 Å². The number of anilines is 3. The normalized spacial score (nSPS) is 20.2. The predicted molar refractivity (Wildman–Crippen MR) is 89.4 cm³/mol. The molecule has 9 heteroatoms. The summed E-state index contributed by atoms with van der Waals surface area (Å²) in [6.07, 6.45) is -3.31. The van der Waals surface area contributed by atoms with E-state index in [0.29, 0.717) is 5.82 Å². The van der Waals surface area contributed by atoms with Crippen LogP contribution >= 0.6 is 0 Å². The summed E-state index contributed by atoms with van der Waals surface area (Å²) in [5.41, 5.74) is 0.857. The van der Waals surface area contributed by atoms with E-state index < -0.39 is 30.5 Å².